The molecule has 4 rings (SSSR count). The van der Waals surface area contributed by atoms with Gasteiger partial charge in [-0.05, 0) is 37.3 Å². The second kappa shape index (κ2) is 8.07. The Kier molecular flexibility index (Phi) is 5.67. The molecule has 29 heavy (non-hydrogen) atoms. The van der Waals surface area contributed by atoms with E-state index in [-0.39, 0.29) is 49.3 Å². The van der Waals surface area contributed by atoms with Crippen LogP contribution in [-0.2, 0) is 19.8 Å². The number of amides is 3. The third-order valence-electron chi connectivity index (χ3n) is 6.79. The number of aliphatic hydroxyl groups excluding tert-OH is 1. The predicted octanol–water partition coefficient (Wildman–Crippen LogP) is 2.65. The average Bonchev–Trinajstić information content (AvgIpc) is 3.43. The molecule has 3 fully saturated rings. The Hall–Kier alpha value is -1.92. The molecule has 7 heteroatoms. The second-order valence-electron chi connectivity index (χ2n) is 8.49. The van der Waals surface area contributed by atoms with Crippen LogP contribution in [0.4, 0.5) is 0 Å². The van der Waals surface area contributed by atoms with Gasteiger partial charge in [0.05, 0.1) is 18.1 Å². The van der Waals surface area contributed by atoms with Crippen LogP contribution in [0.1, 0.15) is 56.9 Å². The van der Waals surface area contributed by atoms with Crippen molar-refractivity contribution in [3.05, 3.63) is 34.9 Å². The van der Waals surface area contributed by atoms with Crippen LogP contribution in [0.25, 0.3) is 0 Å². The molecule has 1 N–H and O–H groups in total. The third kappa shape index (κ3) is 3.46. The molecule has 6 nitrogen and oxygen atoms in total. The smallest absolute Gasteiger partial charge is 0.241 e. The summed E-state index contributed by atoms with van der Waals surface area (Å²) in [7, 11) is 0. The molecule has 1 unspecified atom stereocenters. The number of rotatable bonds is 5. The van der Waals surface area contributed by atoms with E-state index in [1.807, 2.05) is 0 Å². The molecule has 3 aliphatic rings. The number of hydrogen-bond donors (Lipinski definition) is 1. The summed E-state index contributed by atoms with van der Waals surface area (Å²) in [5, 5.41) is 10.0. The topological polar surface area (TPSA) is 77.9 Å². The van der Waals surface area contributed by atoms with Crippen LogP contribution in [0.15, 0.2) is 24.3 Å². The van der Waals surface area contributed by atoms with Crippen LogP contribution >= 0.6 is 11.6 Å². The van der Waals surface area contributed by atoms with Gasteiger partial charge in [-0.3, -0.25) is 19.3 Å². The molecule has 1 aromatic rings. The first-order chi connectivity index (χ1) is 14.0. The zero-order chi connectivity index (χ0) is 20.6. The van der Waals surface area contributed by atoms with E-state index < -0.39 is 5.41 Å². The summed E-state index contributed by atoms with van der Waals surface area (Å²) < 4.78 is 0. The second-order valence-corrected chi connectivity index (χ2v) is 8.90. The predicted molar refractivity (Wildman–Crippen MR) is 108 cm³/mol. The fraction of sp³-hybridized carbons (Fsp3) is 0.591. The Morgan fingerprint density at radius 1 is 1.14 bits per heavy atom. The van der Waals surface area contributed by atoms with Gasteiger partial charge in [0.1, 0.15) is 0 Å². The minimum Gasteiger partial charge on any atom is -0.394 e. The van der Waals surface area contributed by atoms with Crippen LogP contribution in [0.2, 0.25) is 5.02 Å². The number of nitrogens with zero attached hydrogens (tertiary/aromatic N) is 2. The van der Waals surface area contributed by atoms with Crippen molar-refractivity contribution in [3.8, 4) is 0 Å². The SMILES string of the molecule is O=C1CC(CC(=O)N2CCC[C@H]2CO)(c2ccccc2Cl)C(=O)N1C1CCCC1. The summed E-state index contributed by atoms with van der Waals surface area (Å²) in [4.78, 5) is 43.0. The molecule has 156 valence electrons. The van der Waals surface area contributed by atoms with Crippen molar-refractivity contribution in [2.75, 3.05) is 13.2 Å². The lowest BCUT2D eigenvalue weighted by Crippen LogP contribution is -2.47. The quantitative estimate of drug-likeness (QED) is 0.745. The van der Waals surface area contributed by atoms with Gasteiger partial charge in [-0.1, -0.05) is 42.6 Å². The minimum absolute atomic E-state index is 0.0323. The average molecular weight is 419 g/mol. The fourth-order valence-corrected chi connectivity index (χ4v) is 5.62. The van der Waals surface area contributed by atoms with Gasteiger partial charge in [0, 0.05) is 30.5 Å². The molecular weight excluding hydrogens is 392 g/mol. The number of carbonyl (C=O) groups is 3. The number of carbonyl (C=O) groups excluding carboxylic acids is 3. The standard InChI is InChI=1S/C22H27ClN2O4/c23-18-10-4-3-9-17(18)22(12-19(27)24-11-5-8-16(24)14-26)13-20(28)25(21(22)29)15-6-1-2-7-15/h3-4,9-10,15-16,26H,1-2,5-8,11-14H2/t16-,22?/m0/s1. The number of aliphatic hydroxyl groups is 1. The molecule has 2 heterocycles. The van der Waals surface area contributed by atoms with E-state index in [0.717, 1.165) is 38.5 Å². The Morgan fingerprint density at radius 2 is 1.86 bits per heavy atom. The molecule has 0 bridgehead atoms. The zero-order valence-corrected chi connectivity index (χ0v) is 17.2. The van der Waals surface area contributed by atoms with E-state index >= 15 is 0 Å². The van der Waals surface area contributed by atoms with Crippen LogP contribution in [-0.4, -0.2) is 57.9 Å². The van der Waals surface area contributed by atoms with Gasteiger partial charge >= 0.3 is 0 Å². The highest BCUT2D eigenvalue weighted by molar-refractivity contribution is 6.32. The van der Waals surface area contributed by atoms with Crippen molar-refractivity contribution in [2.24, 2.45) is 0 Å². The number of likely N-dealkylation sites (tertiary alicyclic amines) is 2. The van der Waals surface area contributed by atoms with Crippen molar-refractivity contribution in [3.63, 3.8) is 0 Å². The van der Waals surface area contributed by atoms with Gasteiger partial charge in [0.2, 0.25) is 17.7 Å². The number of halogens is 1. The van der Waals surface area contributed by atoms with E-state index in [1.54, 1.807) is 29.2 Å². The highest BCUT2D eigenvalue weighted by Crippen LogP contribution is 2.45. The summed E-state index contributed by atoms with van der Waals surface area (Å²) in [5.41, 5.74) is -0.717. The fourth-order valence-electron chi connectivity index (χ4n) is 5.30. The van der Waals surface area contributed by atoms with Crippen molar-refractivity contribution < 1.29 is 19.5 Å². The van der Waals surface area contributed by atoms with Gasteiger partial charge in [0.15, 0.2) is 0 Å². The Balaban J connectivity index is 1.71. The lowest BCUT2D eigenvalue weighted by Gasteiger charge is -2.32. The van der Waals surface area contributed by atoms with Gasteiger partial charge in [-0.25, -0.2) is 0 Å². The molecule has 0 radical (unpaired) electrons. The molecule has 1 aliphatic carbocycles. The van der Waals surface area contributed by atoms with E-state index in [1.165, 1.54) is 4.90 Å². The molecule has 2 aliphatic heterocycles. The summed E-state index contributed by atoms with van der Waals surface area (Å²) in [5.74, 6) is -0.707. The van der Waals surface area contributed by atoms with E-state index in [2.05, 4.69) is 0 Å². The monoisotopic (exact) mass is 418 g/mol. The van der Waals surface area contributed by atoms with Gasteiger partial charge in [0.25, 0.3) is 0 Å². The highest BCUT2D eigenvalue weighted by atomic mass is 35.5. The molecule has 2 saturated heterocycles. The maximum absolute atomic E-state index is 13.7. The van der Waals surface area contributed by atoms with E-state index in [0.29, 0.717) is 17.1 Å². The maximum Gasteiger partial charge on any atom is 0.241 e. The highest BCUT2D eigenvalue weighted by Gasteiger charge is 2.56. The minimum atomic E-state index is -1.27. The van der Waals surface area contributed by atoms with E-state index in [9.17, 15) is 19.5 Å². The molecule has 3 amide bonds. The molecule has 1 aromatic carbocycles. The normalized spacial score (nSPS) is 28.0. The van der Waals surface area contributed by atoms with Crippen LogP contribution in [0.5, 0.6) is 0 Å². The van der Waals surface area contributed by atoms with Crippen LogP contribution < -0.4 is 0 Å². The van der Waals surface area contributed by atoms with Crippen LogP contribution in [0.3, 0.4) is 0 Å². The first-order valence-electron chi connectivity index (χ1n) is 10.5. The Labute approximate surface area is 175 Å². The number of hydrogen-bond acceptors (Lipinski definition) is 4. The first-order valence-corrected chi connectivity index (χ1v) is 10.9. The lowest BCUT2D eigenvalue weighted by atomic mass is 9.75. The zero-order valence-electron chi connectivity index (χ0n) is 16.5. The van der Waals surface area contributed by atoms with E-state index in [4.69, 9.17) is 11.6 Å². The number of benzene rings is 1. The molecule has 2 atom stereocenters. The Bertz CT molecular complexity index is 823. The summed E-state index contributed by atoms with van der Waals surface area (Å²) in [6.07, 6.45) is 5.11. The van der Waals surface area contributed by atoms with Gasteiger partial charge in [-0.2, -0.15) is 0 Å². The van der Waals surface area contributed by atoms with Crippen molar-refractivity contribution in [1.29, 1.82) is 0 Å². The number of imide groups is 1. The van der Waals surface area contributed by atoms with Crippen molar-refractivity contribution in [1.82, 2.24) is 9.80 Å². The van der Waals surface area contributed by atoms with Gasteiger partial charge in [-0.15, -0.1) is 0 Å². The summed E-state index contributed by atoms with van der Waals surface area (Å²) in [6, 6.07) is 6.73. The van der Waals surface area contributed by atoms with Crippen LogP contribution in [0, 0.1) is 0 Å². The van der Waals surface area contributed by atoms with Crippen molar-refractivity contribution >= 4 is 29.3 Å². The third-order valence-corrected chi connectivity index (χ3v) is 7.12. The summed E-state index contributed by atoms with van der Waals surface area (Å²) in [6.45, 7) is 0.475. The molecular formula is C22H27ClN2O4. The molecule has 1 saturated carbocycles. The molecule has 0 aromatic heterocycles. The Morgan fingerprint density at radius 3 is 2.55 bits per heavy atom. The molecule has 0 spiro atoms. The maximum atomic E-state index is 13.7. The summed E-state index contributed by atoms with van der Waals surface area (Å²) >= 11 is 6.47. The first kappa shape index (κ1) is 20.4. The van der Waals surface area contributed by atoms with Crippen molar-refractivity contribution in [2.45, 2.75) is 68.9 Å². The van der Waals surface area contributed by atoms with Gasteiger partial charge < -0.3 is 10.0 Å². The largest absolute Gasteiger partial charge is 0.394 e. The lowest BCUT2D eigenvalue weighted by molar-refractivity contribution is -0.145.